The van der Waals surface area contributed by atoms with Crippen molar-refractivity contribution in [1.82, 2.24) is 10.2 Å². The van der Waals surface area contributed by atoms with Crippen molar-refractivity contribution in [3.05, 3.63) is 120 Å². The minimum absolute atomic E-state index is 0.0250. The molecule has 11 heteroatoms. The predicted octanol–water partition coefficient (Wildman–Crippen LogP) is 5.59. The molecular formula is C36H40FN3O6S. The zero-order valence-electron chi connectivity index (χ0n) is 26.9. The molecule has 0 saturated carbocycles. The molecule has 9 nitrogen and oxygen atoms in total. The average Bonchev–Trinajstić information content (AvgIpc) is 3.09. The third kappa shape index (κ3) is 8.88. The number of nitrogens with one attached hydrogen (secondary N) is 1. The summed E-state index contributed by atoms with van der Waals surface area (Å²) in [6.45, 7) is 3.09. The van der Waals surface area contributed by atoms with Gasteiger partial charge in [-0.1, -0.05) is 67.6 Å². The fourth-order valence-corrected chi connectivity index (χ4v) is 6.44. The lowest BCUT2D eigenvalue weighted by molar-refractivity contribution is -0.140. The van der Waals surface area contributed by atoms with Crippen LogP contribution in [0.15, 0.2) is 108 Å². The van der Waals surface area contributed by atoms with Gasteiger partial charge in [0.15, 0.2) is 11.5 Å². The van der Waals surface area contributed by atoms with Crippen molar-refractivity contribution in [3.8, 4) is 11.5 Å². The Bertz CT molecular complexity index is 1740. The highest BCUT2D eigenvalue weighted by atomic mass is 32.2. The molecule has 4 aromatic carbocycles. The van der Waals surface area contributed by atoms with Crippen LogP contribution in [0.3, 0.4) is 0 Å². The summed E-state index contributed by atoms with van der Waals surface area (Å²) in [5.41, 5.74) is 1.53. The van der Waals surface area contributed by atoms with Crippen LogP contribution in [-0.2, 0) is 32.6 Å². The normalized spacial score (nSPS) is 12.4. The topological polar surface area (TPSA) is 105 Å². The number of methoxy groups -OCH3 is 2. The lowest BCUT2D eigenvalue weighted by Crippen LogP contribution is -2.54. The Hall–Kier alpha value is -4.90. The van der Waals surface area contributed by atoms with Gasteiger partial charge in [0.1, 0.15) is 18.4 Å². The highest BCUT2D eigenvalue weighted by molar-refractivity contribution is 7.92. The molecule has 0 heterocycles. The van der Waals surface area contributed by atoms with E-state index in [9.17, 15) is 22.4 Å². The van der Waals surface area contributed by atoms with Crippen molar-refractivity contribution >= 4 is 27.5 Å². The van der Waals surface area contributed by atoms with E-state index in [1.807, 2.05) is 44.2 Å². The number of benzene rings is 4. The van der Waals surface area contributed by atoms with Gasteiger partial charge in [0.05, 0.1) is 24.8 Å². The molecule has 0 aliphatic carbocycles. The molecule has 0 aromatic heterocycles. The molecule has 47 heavy (non-hydrogen) atoms. The van der Waals surface area contributed by atoms with E-state index in [0.29, 0.717) is 17.7 Å². The summed E-state index contributed by atoms with van der Waals surface area (Å²) < 4.78 is 54.0. The van der Waals surface area contributed by atoms with Gasteiger partial charge in [0.2, 0.25) is 11.8 Å². The summed E-state index contributed by atoms with van der Waals surface area (Å²) in [5.74, 6) is -0.826. The van der Waals surface area contributed by atoms with Gasteiger partial charge in [0.25, 0.3) is 10.0 Å². The van der Waals surface area contributed by atoms with E-state index < -0.39 is 34.3 Å². The van der Waals surface area contributed by atoms with Crippen molar-refractivity contribution in [3.63, 3.8) is 0 Å². The number of sulfonamides is 1. The van der Waals surface area contributed by atoms with Gasteiger partial charge in [-0.15, -0.1) is 0 Å². The Balaban J connectivity index is 1.83. The first-order valence-corrected chi connectivity index (χ1v) is 16.7. The van der Waals surface area contributed by atoms with Crippen LogP contribution in [0.1, 0.15) is 31.4 Å². The maximum Gasteiger partial charge on any atom is 0.264 e. The summed E-state index contributed by atoms with van der Waals surface area (Å²) in [6, 6.07) is 26.0. The second-order valence-corrected chi connectivity index (χ2v) is 12.9. The van der Waals surface area contributed by atoms with E-state index in [0.717, 1.165) is 9.87 Å². The summed E-state index contributed by atoms with van der Waals surface area (Å²) in [7, 11) is -1.40. The van der Waals surface area contributed by atoms with E-state index in [1.54, 1.807) is 24.3 Å². The van der Waals surface area contributed by atoms with Crippen LogP contribution in [-0.4, -0.2) is 58.0 Å². The number of ether oxygens (including phenoxy) is 2. The van der Waals surface area contributed by atoms with Crippen LogP contribution in [0.5, 0.6) is 11.5 Å². The molecule has 248 valence electrons. The number of halogens is 1. The standard InChI is InChI=1S/C36H40FN3O6S/c1-5-26(2)38-36(42)32(22-27-12-8-6-9-13-27)39(24-28-16-18-29(37)19-17-28)35(41)25-40(47(43,44)31-14-10-7-11-15-31)30-20-21-33(45-3)34(23-30)46-4/h6-21,23,26,32H,5,22,24-25H2,1-4H3,(H,38,42). The molecule has 0 spiro atoms. The zero-order valence-corrected chi connectivity index (χ0v) is 27.7. The Kier molecular flexibility index (Phi) is 12.0. The molecule has 4 rings (SSSR count). The van der Waals surface area contributed by atoms with E-state index in [-0.39, 0.29) is 41.2 Å². The minimum atomic E-state index is -4.29. The SMILES string of the molecule is CCC(C)NC(=O)C(Cc1ccccc1)N(Cc1ccc(F)cc1)C(=O)CN(c1ccc(OC)c(OC)c1)S(=O)(=O)c1ccccc1. The van der Waals surface area contributed by atoms with Crippen LogP contribution in [0.25, 0.3) is 0 Å². The lowest BCUT2D eigenvalue weighted by Gasteiger charge is -2.34. The molecule has 1 N–H and O–H groups in total. The predicted molar refractivity (Wildman–Crippen MR) is 179 cm³/mol. The largest absolute Gasteiger partial charge is 0.493 e. The highest BCUT2D eigenvalue weighted by Gasteiger charge is 2.35. The van der Waals surface area contributed by atoms with Crippen LogP contribution < -0.4 is 19.1 Å². The van der Waals surface area contributed by atoms with Crippen LogP contribution >= 0.6 is 0 Å². The molecule has 2 unspecified atom stereocenters. The second kappa shape index (κ2) is 16.1. The second-order valence-electron chi connectivity index (χ2n) is 11.0. The fraction of sp³-hybridized carbons (Fsp3) is 0.278. The first-order chi connectivity index (χ1) is 22.6. The molecule has 0 saturated heterocycles. The fourth-order valence-electron chi connectivity index (χ4n) is 5.01. The number of anilines is 1. The van der Waals surface area contributed by atoms with Crippen molar-refractivity contribution in [2.24, 2.45) is 0 Å². The number of carbonyl (C=O) groups excluding carboxylic acids is 2. The van der Waals surface area contributed by atoms with Gasteiger partial charge < -0.3 is 19.7 Å². The molecule has 4 aromatic rings. The number of hydrogen-bond acceptors (Lipinski definition) is 6. The van der Waals surface area contributed by atoms with Gasteiger partial charge in [-0.05, 0) is 60.9 Å². The Morgan fingerprint density at radius 3 is 2.04 bits per heavy atom. The molecular weight excluding hydrogens is 621 g/mol. The van der Waals surface area contributed by atoms with Gasteiger partial charge in [0, 0.05) is 25.1 Å². The van der Waals surface area contributed by atoms with E-state index in [2.05, 4.69) is 5.32 Å². The average molecular weight is 662 g/mol. The molecule has 0 bridgehead atoms. The molecule has 0 fully saturated rings. The first kappa shape index (κ1) is 35.0. The Morgan fingerprint density at radius 2 is 1.45 bits per heavy atom. The molecule has 2 atom stereocenters. The number of amides is 2. The first-order valence-electron chi connectivity index (χ1n) is 15.2. The lowest BCUT2D eigenvalue weighted by atomic mass is 10.0. The third-order valence-electron chi connectivity index (χ3n) is 7.80. The van der Waals surface area contributed by atoms with E-state index >= 15 is 0 Å². The summed E-state index contributed by atoms with van der Waals surface area (Å²) >= 11 is 0. The van der Waals surface area contributed by atoms with Gasteiger partial charge in [-0.3, -0.25) is 13.9 Å². The van der Waals surface area contributed by atoms with E-state index in [4.69, 9.17) is 9.47 Å². The maximum atomic E-state index is 14.6. The van der Waals surface area contributed by atoms with Crippen molar-refractivity contribution < 1.29 is 31.9 Å². The van der Waals surface area contributed by atoms with Crippen LogP contribution in [0.2, 0.25) is 0 Å². The molecule has 2 amide bonds. The maximum absolute atomic E-state index is 14.6. The van der Waals surface area contributed by atoms with E-state index in [1.165, 1.54) is 67.7 Å². The number of carbonyl (C=O) groups is 2. The smallest absolute Gasteiger partial charge is 0.264 e. The Morgan fingerprint density at radius 1 is 0.830 bits per heavy atom. The highest BCUT2D eigenvalue weighted by Crippen LogP contribution is 2.34. The molecule has 0 aliphatic heterocycles. The van der Waals surface area contributed by atoms with Crippen molar-refractivity contribution in [2.45, 2.75) is 50.2 Å². The third-order valence-corrected chi connectivity index (χ3v) is 9.59. The van der Waals surface area contributed by atoms with Gasteiger partial charge in [-0.25, -0.2) is 12.8 Å². The van der Waals surface area contributed by atoms with Crippen LogP contribution in [0, 0.1) is 5.82 Å². The summed E-state index contributed by atoms with van der Waals surface area (Å²) in [6.07, 6.45) is 0.829. The minimum Gasteiger partial charge on any atom is -0.493 e. The monoisotopic (exact) mass is 661 g/mol. The van der Waals surface area contributed by atoms with Crippen LogP contribution in [0.4, 0.5) is 10.1 Å². The number of rotatable bonds is 15. The van der Waals surface area contributed by atoms with Gasteiger partial charge in [-0.2, -0.15) is 0 Å². The summed E-state index contributed by atoms with van der Waals surface area (Å²) in [4.78, 5) is 29.8. The Labute approximate surface area is 276 Å². The quantitative estimate of drug-likeness (QED) is 0.178. The van der Waals surface area contributed by atoms with Gasteiger partial charge >= 0.3 is 0 Å². The summed E-state index contributed by atoms with van der Waals surface area (Å²) in [5, 5.41) is 2.99. The number of hydrogen-bond donors (Lipinski definition) is 1. The van der Waals surface area contributed by atoms with Crippen molar-refractivity contribution in [2.75, 3.05) is 25.1 Å². The number of nitrogens with zero attached hydrogens (tertiary/aromatic N) is 2. The zero-order chi connectivity index (χ0) is 34.0. The molecule has 0 radical (unpaired) electrons. The van der Waals surface area contributed by atoms with Crippen molar-refractivity contribution in [1.29, 1.82) is 0 Å². The molecule has 0 aliphatic rings.